The van der Waals surface area contributed by atoms with Crippen LogP contribution >= 0.6 is 0 Å². The minimum atomic E-state index is 0.639. The Balaban J connectivity index is 1.85. The minimum Gasteiger partial charge on any atom is -0.384 e. The first-order valence-corrected chi connectivity index (χ1v) is 6.84. The Bertz CT molecular complexity index is 389. The molecule has 0 unspecified atom stereocenters. The molecule has 1 aromatic rings. The van der Waals surface area contributed by atoms with E-state index in [2.05, 4.69) is 16.0 Å². The zero-order chi connectivity index (χ0) is 11.7. The van der Waals surface area contributed by atoms with Gasteiger partial charge < -0.3 is 10.6 Å². The number of nitrogens with zero attached hydrogens (tertiary/aromatic N) is 2. The van der Waals surface area contributed by atoms with Crippen molar-refractivity contribution in [2.45, 2.75) is 44.6 Å². The van der Waals surface area contributed by atoms with Gasteiger partial charge in [0, 0.05) is 12.6 Å². The number of hydrogen-bond acceptors (Lipinski definition) is 3. The fourth-order valence-electron chi connectivity index (χ4n) is 3.51. The van der Waals surface area contributed by atoms with Gasteiger partial charge in [-0.05, 0) is 43.7 Å². The molecule has 1 aliphatic carbocycles. The minimum absolute atomic E-state index is 0.639. The van der Waals surface area contributed by atoms with Crippen LogP contribution < -0.4 is 10.6 Å². The lowest BCUT2D eigenvalue weighted by Crippen LogP contribution is -2.47. The zero-order valence-electron chi connectivity index (χ0n) is 10.3. The number of rotatable bonds is 1. The van der Waals surface area contributed by atoms with E-state index in [1.54, 1.807) is 0 Å². The van der Waals surface area contributed by atoms with Crippen LogP contribution in [0.2, 0.25) is 0 Å². The van der Waals surface area contributed by atoms with E-state index in [9.17, 15) is 0 Å². The summed E-state index contributed by atoms with van der Waals surface area (Å²) in [6, 6.07) is 6.70. The molecule has 0 spiro atoms. The number of pyridine rings is 1. The highest BCUT2D eigenvalue weighted by Crippen LogP contribution is 2.37. The first-order chi connectivity index (χ1) is 8.34. The third-order valence-corrected chi connectivity index (χ3v) is 4.29. The van der Waals surface area contributed by atoms with E-state index in [4.69, 9.17) is 5.73 Å². The molecule has 0 bridgehead atoms. The van der Waals surface area contributed by atoms with Gasteiger partial charge in [0.15, 0.2) is 0 Å². The first-order valence-electron chi connectivity index (χ1n) is 6.84. The maximum absolute atomic E-state index is 5.80. The van der Waals surface area contributed by atoms with Gasteiger partial charge in [0.25, 0.3) is 0 Å². The largest absolute Gasteiger partial charge is 0.384 e. The van der Waals surface area contributed by atoms with Crippen molar-refractivity contribution in [3.05, 3.63) is 18.2 Å². The molecule has 2 atom stereocenters. The molecule has 0 radical (unpaired) electrons. The van der Waals surface area contributed by atoms with Crippen LogP contribution in [-0.4, -0.2) is 17.6 Å². The molecule has 17 heavy (non-hydrogen) atoms. The van der Waals surface area contributed by atoms with Crippen LogP contribution in [0.3, 0.4) is 0 Å². The van der Waals surface area contributed by atoms with Crippen molar-refractivity contribution in [2.24, 2.45) is 5.92 Å². The number of fused-ring (bicyclic) bond motifs is 1. The summed E-state index contributed by atoms with van der Waals surface area (Å²) in [6.45, 7) is 1.15. The second-order valence-corrected chi connectivity index (χ2v) is 5.37. The molecule has 2 fully saturated rings. The van der Waals surface area contributed by atoms with Gasteiger partial charge in [-0.1, -0.05) is 18.9 Å². The molecular weight excluding hydrogens is 210 g/mol. The predicted octanol–water partition coefficient (Wildman–Crippen LogP) is 2.82. The summed E-state index contributed by atoms with van der Waals surface area (Å²) in [6.07, 6.45) is 8.24. The van der Waals surface area contributed by atoms with E-state index in [1.807, 2.05) is 12.1 Å². The normalized spacial score (nSPS) is 28.8. The van der Waals surface area contributed by atoms with Crippen molar-refractivity contribution in [3.63, 3.8) is 0 Å². The summed E-state index contributed by atoms with van der Waals surface area (Å²) in [4.78, 5) is 7.00. The molecule has 92 valence electrons. The molecule has 2 heterocycles. The van der Waals surface area contributed by atoms with Crippen LogP contribution in [0.4, 0.5) is 11.6 Å². The number of nitrogens with two attached hydrogens (primary N) is 1. The summed E-state index contributed by atoms with van der Waals surface area (Å²) in [5.74, 6) is 2.61. The summed E-state index contributed by atoms with van der Waals surface area (Å²) in [5.41, 5.74) is 5.80. The molecule has 0 amide bonds. The van der Waals surface area contributed by atoms with Crippen molar-refractivity contribution >= 4 is 11.6 Å². The topological polar surface area (TPSA) is 42.1 Å². The molecule has 1 saturated heterocycles. The van der Waals surface area contributed by atoms with E-state index < -0.39 is 0 Å². The highest BCUT2D eigenvalue weighted by Gasteiger charge is 2.33. The fraction of sp³-hybridized carbons (Fsp3) is 0.643. The summed E-state index contributed by atoms with van der Waals surface area (Å²) in [7, 11) is 0. The van der Waals surface area contributed by atoms with Crippen LogP contribution in [0, 0.1) is 5.92 Å². The average Bonchev–Trinajstić information content (AvgIpc) is 2.38. The second-order valence-electron chi connectivity index (χ2n) is 5.37. The van der Waals surface area contributed by atoms with E-state index in [0.717, 1.165) is 18.3 Å². The molecule has 3 nitrogen and oxygen atoms in total. The van der Waals surface area contributed by atoms with Crippen LogP contribution in [0.15, 0.2) is 18.2 Å². The van der Waals surface area contributed by atoms with E-state index in [-0.39, 0.29) is 0 Å². The second kappa shape index (κ2) is 4.55. The van der Waals surface area contributed by atoms with Gasteiger partial charge in [0.1, 0.15) is 11.6 Å². The van der Waals surface area contributed by atoms with Gasteiger partial charge in [-0.25, -0.2) is 4.98 Å². The van der Waals surface area contributed by atoms with Crippen molar-refractivity contribution in [1.29, 1.82) is 0 Å². The first kappa shape index (κ1) is 10.9. The van der Waals surface area contributed by atoms with Crippen LogP contribution in [0.1, 0.15) is 38.5 Å². The van der Waals surface area contributed by atoms with Crippen molar-refractivity contribution in [1.82, 2.24) is 4.98 Å². The molecule has 1 saturated carbocycles. The maximum Gasteiger partial charge on any atom is 0.131 e. The predicted molar refractivity (Wildman–Crippen MR) is 71.0 cm³/mol. The summed E-state index contributed by atoms with van der Waals surface area (Å²) >= 11 is 0. The monoisotopic (exact) mass is 231 g/mol. The van der Waals surface area contributed by atoms with E-state index in [0.29, 0.717) is 11.9 Å². The Kier molecular flexibility index (Phi) is 2.91. The lowest BCUT2D eigenvalue weighted by atomic mass is 9.78. The van der Waals surface area contributed by atoms with Crippen molar-refractivity contribution in [2.75, 3.05) is 17.2 Å². The molecule has 0 aromatic carbocycles. The average molecular weight is 231 g/mol. The highest BCUT2D eigenvalue weighted by atomic mass is 15.2. The molecule has 2 aliphatic rings. The van der Waals surface area contributed by atoms with E-state index >= 15 is 0 Å². The maximum atomic E-state index is 5.80. The number of piperidine rings is 1. The Labute approximate surface area is 103 Å². The van der Waals surface area contributed by atoms with Crippen LogP contribution in [0.5, 0.6) is 0 Å². The number of anilines is 2. The molecule has 3 rings (SSSR count). The standard InChI is InChI=1S/C14H21N3/c15-13-8-3-9-14(16-13)17-10-4-6-11-5-1-2-7-12(11)17/h3,8-9,11-12H,1-2,4-7,10H2,(H2,15,16)/t11-,12-/m1/s1. The van der Waals surface area contributed by atoms with Gasteiger partial charge in [0.05, 0.1) is 0 Å². The van der Waals surface area contributed by atoms with Gasteiger partial charge >= 0.3 is 0 Å². The number of hydrogen-bond donors (Lipinski definition) is 1. The van der Waals surface area contributed by atoms with Gasteiger partial charge in [-0.2, -0.15) is 0 Å². The van der Waals surface area contributed by atoms with Gasteiger partial charge in [-0.3, -0.25) is 0 Å². The Morgan fingerprint density at radius 2 is 1.94 bits per heavy atom. The zero-order valence-corrected chi connectivity index (χ0v) is 10.3. The Morgan fingerprint density at radius 1 is 1.12 bits per heavy atom. The lowest BCUT2D eigenvalue weighted by Gasteiger charge is -2.44. The quantitative estimate of drug-likeness (QED) is 0.808. The van der Waals surface area contributed by atoms with Crippen molar-refractivity contribution in [3.8, 4) is 0 Å². The van der Waals surface area contributed by atoms with Crippen LogP contribution in [-0.2, 0) is 0 Å². The summed E-state index contributed by atoms with van der Waals surface area (Å²) < 4.78 is 0. The molecule has 2 N–H and O–H groups in total. The van der Waals surface area contributed by atoms with E-state index in [1.165, 1.54) is 38.5 Å². The highest BCUT2D eigenvalue weighted by molar-refractivity contribution is 5.46. The SMILES string of the molecule is Nc1cccc(N2CCC[C@H]3CCCC[C@H]32)n1. The third kappa shape index (κ3) is 2.11. The molecular formula is C14H21N3. The third-order valence-electron chi connectivity index (χ3n) is 4.29. The lowest BCUT2D eigenvalue weighted by molar-refractivity contribution is 0.243. The number of aromatic nitrogens is 1. The summed E-state index contributed by atoms with van der Waals surface area (Å²) in [5, 5.41) is 0. The van der Waals surface area contributed by atoms with Crippen molar-refractivity contribution < 1.29 is 0 Å². The smallest absolute Gasteiger partial charge is 0.131 e. The van der Waals surface area contributed by atoms with Gasteiger partial charge in [0.2, 0.25) is 0 Å². The Hall–Kier alpha value is -1.25. The number of nitrogen functional groups attached to an aromatic ring is 1. The fourth-order valence-corrected chi connectivity index (χ4v) is 3.51. The molecule has 1 aromatic heterocycles. The molecule has 1 aliphatic heterocycles. The van der Waals surface area contributed by atoms with Crippen LogP contribution in [0.25, 0.3) is 0 Å². The van der Waals surface area contributed by atoms with Gasteiger partial charge in [-0.15, -0.1) is 0 Å². The molecule has 3 heteroatoms. The Morgan fingerprint density at radius 3 is 2.82 bits per heavy atom.